The molecule has 2 aromatic heterocycles. The van der Waals surface area contributed by atoms with E-state index < -0.39 is 67.8 Å². The lowest BCUT2D eigenvalue weighted by atomic mass is 9.82. The highest BCUT2D eigenvalue weighted by atomic mass is 19.1. The number of nitrogens with zero attached hydrogens (tertiary/aromatic N) is 12. The molecule has 48 heavy (non-hydrogen) atoms. The van der Waals surface area contributed by atoms with Gasteiger partial charge in [-0.3, -0.25) is 0 Å². The van der Waals surface area contributed by atoms with E-state index >= 15 is 0 Å². The van der Waals surface area contributed by atoms with Crippen molar-refractivity contribution in [1.82, 2.24) is 9.97 Å². The number of halogens is 2. The summed E-state index contributed by atoms with van der Waals surface area (Å²) in [6, 6.07) is 21.3. The van der Waals surface area contributed by atoms with Crippen molar-refractivity contribution in [3.05, 3.63) is 103 Å². The van der Waals surface area contributed by atoms with Gasteiger partial charge in [0.25, 0.3) is 0 Å². The van der Waals surface area contributed by atoms with E-state index in [1.165, 1.54) is 0 Å². The Bertz CT molecular complexity index is 2470. The van der Waals surface area contributed by atoms with E-state index in [4.69, 9.17) is 0 Å². The normalized spacial score (nSPS) is 11.9. The predicted octanol–water partition coefficient (Wildman–Crippen LogP) is 4.74. The summed E-state index contributed by atoms with van der Waals surface area (Å²) >= 11 is 0. The minimum absolute atomic E-state index is 0.240. The van der Waals surface area contributed by atoms with Crippen LogP contribution >= 0.6 is 0 Å². The van der Waals surface area contributed by atoms with Crippen LogP contribution in [0.25, 0.3) is 33.4 Å². The molecule has 0 N–H and O–H groups in total. The maximum Gasteiger partial charge on any atom is 0.214 e. The van der Waals surface area contributed by atoms with Crippen molar-refractivity contribution in [3.8, 4) is 60.7 Å². The summed E-state index contributed by atoms with van der Waals surface area (Å²) in [4.78, 5) is 7.06. The van der Waals surface area contributed by atoms with Gasteiger partial charge in [0.2, 0.25) is 11.9 Å². The van der Waals surface area contributed by atoms with Crippen LogP contribution in [0.15, 0.2) is 35.4 Å². The average Bonchev–Trinajstić information content (AvgIpc) is 3.61. The summed E-state index contributed by atoms with van der Waals surface area (Å²) in [6.07, 6.45) is 0. The second-order valence-electron chi connectivity index (χ2n) is 9.43. The zero-order valence-electron chi connectivity index (χ0n) is 23.4. The molecular formula is C34H4F2N12. The molecule has 12 nitrogen and oxygen atoms in total. The van der Waals surface area contributed by atoms with Gasteiger partial charge < -0.3 is 0 Å². The fraction of sp³-hybridized carbons (Fsp3) is 0. The van der Waals surface area contributed by atoms with Crippen LogP contribution in [0.4, 0.5) is 8.78 Å². The summed E-state index contributed by atoms with van der Waals surface area (Å²) in [7, 11) is 0. The molecule has 0 atom stereocenters. The molecule has 214 valence electrons. The van der Waals surface area contributed by atoms with Crippen molar-refractivity contribution in [2.75, 3.05) is 0 Å². The molecule has 3 aromatic rings. The molecule has 2 heterocycles. The Kier molecular flexibility index (Phi) is 7.50. The maximum absolute atomic E-state index is 14.1. The molecule has 0 spiro atoms. The van der Waals surface area contributed by atoms with E-state index in [1.807, 2.05) is 24.3 Å². The fourth-order valence-electron chi connectivity index (χ4n) is 5.70. The molecule has 0 saturated carbocycles. The number of pyridine rings is 2. The molecule has 0 aliphatic heterocycles. The largest absolute Gasteiger partial charge is 0.214 e. The smallest absolute Gasteiger partial charge is 0.208 e. The van der Waals surface area contributed by atoms with Crippen LogP contribution in [-0.2, 0) is 0 Å². The minimum atomic E-state index is -1.08. The van der Waals surface area contributed by atoms with E-state index in [0.717, 1.165) is 24.3 Å². The summed E-state index contributed by atoms with van der Waals surface area (Å²) in [6.45, 7) is 0. The summed E-state index contributed by atoms with van der Waals surface area (Å²) in [5.74, 6) is -2.16. The molecule has 14 heteroatoms. The quantitative estimate of drug-likeness (QED) is 0.278. The van der Waals surface area contributed by atoms with Gasteiger partial charge in [0.15, 0.2) is 11.4 Å². The molecule has 0 radical (unpaired) electrons. The van der Waals surface area contributed by atoms with Gasteiger partial charge in [-0.2, -0.15) is 61.4 Å². The van der Waals surface area contributed by atoms with E-state index in [1.54, 1.807) is 36.4 Å². The van der Waals surface area contributed by atoms with Gasteiger partial charge in [-0.1, -0.05) is 0 Å². The lowest BCUT2D eigenvalue weighted by Crippen LogP contribution is -2.05. The lowest BCUT2D eigenvalue weighted by molar-refractivity contribution is 0.581. The topological polar surface area (TPSA) is 264 Å². The van der Waals surface area contributed by atoms with Crippen LogP contribution in [0.5, 0.6) is 0 Å². The Balaban J connectivity index is 2.15. The first kappa shape index (κ1) is 30.7. The third-order valence-electron chi connectivity index (χ3n) is 7.37. The molecule has 1 aromatic carbocycles. The van der Waals surface area contributed by atoms with Gasteiger partial charge in [0, 0.05) is 55.7 Å². The number of hydrogen-bond donors (Lipinski definition) is 0. The minimum Gasteiger partial charge on any atom is -0.208 e. The van der Waals surface area contributed by atoms with Crippen LogP contribution in [0.1, 0.15) is 55.9 Å². The van der Waals surface area contributed by atoms with E-state index in [0.29, 0.717) is 0 Å². The second-order valence-corrected chi connectivity index (χ2v) is 9.43. The Hall–Kier alpha value is -8.76. The Labute approximate surface area is 268 Å². The first-order valence-electron chi connectivity index (χ1n) is 12.8. The Morgan fingerprint density at radius 2 is 0.812 bits per heavy atom. The van der Waals surface area contributed by atoms with Crippen molar-refractivity contribution < 1.29 is 8.78 Å². The highest BCUT2D eigenvalue weighted by Gasteiger charge is 2.44. The van der Waals surface area contributed by atoms with Crippen molar-refractivity contribution in [2.45, 2.75) is 0 Å². The van der Waals surface area contributed by atoms with Crippen molar-refractivity contribution in [1.29, 1.82) is 52.6 Å². The predicted molar refractivity (Wildman–Crippen MR) is 155 cm³/mol. The first-order valence-corrected chi connectivity index (χ1v) is 12.8. The van der Waals surface area contributed by atoms with Gasteiger partial charge in [-0.15, -0.1) is 0 Å². The molecule has 5 rings (SSSR count). The monoisotopic (exact) mass is 618 g/mol. The van der Waals surface area contributed by atoms with Crippen LogP contribution in [-0.4, -0.2) is 9.97 Å². The van der Waals surface area contributed by atoms with Gasteiger partial charge >= 0.3 is 0 Å². The zero-order valence-corrected chi connectivity index (χ0v) is 23.4. The molecule has 0 bridgehead atoms. The number of allylic oxidation sites excluding steroid dienone is 8. The average molecular weight is 618 g/mol. The molecular weight excluding hydrogens is 614 g/mol. The van der Waals surface area contributed by atoms with Crippen LogP contribution in [0.3, 0.4) is 0 Å². The SMILES string of the molecule is N#CC(C#N)=C1C(c2ccc(F)nc2C#N)=C(C#N)c2c(C#N)c3c(c(C#N)c21)C(C#N)=C(c1ccc(F)nc1C#N)C3=C(C#N)C#N. The number of hydrogen-bond acceptors (Lipinski definition) is 12. The van der Waals surface area contributed by atoms with E-state index in [9.17, 15) is 61.4 Å². The van der Waals surface area contributed by atoms with Crippen molar-refractivity contribution in [3.63, 3.8) is 0 Å². The van der Waals surface area contributed by atoms with E-state index in [2.05, 4.69) is 9.97 Å². The molecule has 0 fully saturated rings. The molecule has 0 unspecified atom stereocenters. The molecule has 0 amide bonds. The number of benzene rings is 1. The molecule has 2 aliphatic rings. The zero-order chi connectivity index (χ0) is 34.9. The van der Waals surface area contributed by atoms with Crippen LogP contribution < -0.4 is 0 Å². The Morgan fingerprint density at radius 1 is 0.458 bits per heavy atom. The van der Waals surface area contributed by atoms with Gasteiger partial charge in [-0.05, 0) is 24.3 Å². The fourth-order valence-corrected chi connectivity index (χ4v) is 5.70. The summed E-state index contributed by atoms with van der Waals surface area (Å²) in [5, 5.41) is 102. The molecule has 2 aliphatic carbocycles. The third-order valence-corrected chi connectivity index (χ3v) is 7.37. The number of rotatable bonds is 2. The summed E-state index contributed by atoms with van der Waals surface area (Å²) in [5.41, 5.74) is -7.87. The summed E-state index contributed by atoms with van der Waals surface area (Å²) < 4.78 is 28.2. The third kappa shape index (κ3) is 4.10. The van der Waals surface area contributed by atoms with Crippen molar-refractivity contribution >= 4 is 33.4 Å². The van der Waals surface area contributed by atoms with E-state index in [-0.39, 0.29) is 44.5 Å². The van der Waals surface area contributed by atoms with Crippen LogP contribution in [0.2, 0.25) is 0 Å². The lowest BCUT2D eigenvalue weighted by Gasteiger charge is -2.16. The van der Waals surface area contributed by atoms with Crippen LogP contribution in [0, 0.1) is 125 Å². The molecule has 0 saturated heterocycles. The van der Waals surface area contributed by atoms with Gasteiger partial charge in [-0.25, -0.2) is 9.97 Å². The second kappa shape index (κ2) is 11.7. The number of fused-ring (bicyclic) bond motifs is 2. The maximum atomic E-state index is 14.1. The highest BCUT2D eigenvalue weighted by Crippen LogP contribution is 2.58. The number of nitriles is 10. The van der Waals surface area contributed by atoms with Gasteiger partial charge in [0.05, 0.1) is 22.3 Å². The van der Waals surface area contributed by atoms with Crippen molar-refractivity contribution in [2.24, 2.45) is 0 Å². The standard InChI is InChI=1S/C34H4F2N12/c35-25-3-1-17(23(13-45)47-25)29-19(9-41)31-21(11-43)34-28(16(7-39)8-40)30(18-2-4-26(36)48-24(18)14-46)20(10-42)32(34)22(12-44)33(31)27(29)15(5-37)6-38/h1-4H. The first-order chi connectivity index (χ1) is 23.2. The number of aromatic nitrogens is 2. The Morgan fingerprint density at radius 3 is 1.08 bits per heavy atom. The van der Waals surface area contributed by atoms with Gasteiger partial charge in [0.1, 0.15) is 71.8 Å². The highest BCUT2D eigenvalue weighted by molar-refractivity contribution is 6.32.